The van der Waals surface area contributed by atoms with Gasteiger partial charge in [-0.3, -0.25) is 38.6 Å². The lowest BCUT2D eigenvalue weighted by molar-refractivity contribution is -0.197. The molecular weight excluding hydrogens is 556 g/mol. The summed E-state index contributed by atoms with van der Waals surface area (Å²) in [5.74, 6) is -5.31. The van der Waals surface area contributed by atoms with E-state index in [2.05, 4.69) is 0 Å². The maximum absolute atomic E-state index is 13.6. The van der Waals surface area contributed by atoms with Crippen LogP contribution in [0.2, 0.25) is 5.02 Å². The van der Waals surface area contributed by atoms with E-state index in [9.17, 15) is 33.6 Å². The van der Waals surface area contributed by atoms with Gasteiger partial charge in [0, 0.05) is 52.3 Å². The summed E-state index contributed by atoms with van der Waals surface area (Å²) < 4.78 is 26.5. The number of anilines is 1. The van der Waals surface area contributed by atoms with Gasteiger partial charge in [-0.2, -0.15) is 0 Å². The van der Waals surface area contributed by atoms with Crippen LogP contribution in [0.4, 0.5) is 10.5 Å². The molecule has 1 aliphatic rings. The van der Waals surface area contributed by atoms with Crippen molar-refractivity contribution in [3.63, 3.8) is 0 Å². The first kappa shape index (κ1) is 32.0. The number of ether oxygens (including phenoxy) is 5. The van der Waals surface area contributed by atoms with E-state index in [0.29, 0.717) is 9.92 Å². The molecule has 218 valence electrons. The van der Waals surface area contributed by atoms with Gasteiger partial charge < -0.3 is 23.7 Å². The van der Waals surface area contributed by atoms with Gasteiger partial charge in [-0.25, -0.2) is 4.79 Å². The summed E-state index contributed by atoms with van der Waals surface area (Å²) in [6.45, 7) is 5.52. The third-order valence-electron chi connectivity index (χ3n) is 5.39. The van der Waals surface area contributed by atoms with Crippen LogP contribution in [-0.2, 0) is 52.5 Å². The van der Waals surface area contributed by atoms with Gasteiger partial charge in [-0.1, -0.05) is 11.6 Å². The van der Waals surface area contributed by atoms with Gasteiger partial charge in [0.15, 0.2) is 18.3 Å². The lowest BCUT2D eigenvalue weighted by atomic mass is 9.98. The Morgan fingerprint density at radius 1 is 0.800 bits per heavy atom. The monoisotopic (exact) mass is 584 g/mol. The first-order valence-electron chi connectivity index (χ1n) is 11.8. The molecule has 0 bridgehead atoms. The zero-order valence-corrected chi connectivity index (χ0v) is 23.3. The largest absolute Gasteiger partial charge is 0.462 e. The topological polar surface area (TPSA) is 172 Å². The average molecular weight is 585 g/mol. The van der Waals surface area contributed by atoms with Gasteiger partial charge >= 0.3 is 35.9 Å². The molecule has 3 amide bonds. The number of benzene rings is 1. The number of carbonyl (C=O) groups excluding carboxylic acids is 7. The number of imide groups is 1. The molecule has 1 aliphatic heterocycles. The minimum absolute atomic E-state index is 0.150. The molecule has 1 aromatic rings. The molecule has 40 heavy (non-hydrogen) atoms. The van der Waals surface area contributed by atoms with Gasteiger partial charge in [0.25, 0.3) is 0 Å². The standard InChI is InChI=1S/C25H29ClN2O12/c1-12(29)27-21(24(40-17(6)34)28(25(27)35)19-9-7-18(26)8-10-19)23(39-16(5)33)22(38-15(4)32)20(37-14(3)31)11-36-13(2)30/h7-10,20-24H,11H2,1-6H3/t20-,21-,22-,23-,24-/m1/s1. The number of urea groups is 1. The molecule has 0 unspecified atom stereocenters. The van der Waals surface area contributed by atoms with Crippen LogP contribution in [0.1, 0.15) is 41.5 Å². The number of hydrogen-bond acceptors (Lipinski definition) is 12. The van der Waals surface area contributed by atoms with E-state index in [1.54, 1.807) is 0 Å². The summed E-state index contributed by atoms with van der Waals surface area (Å²) in [7, 11) is 0. The molecule has 14 nitrogen and oxygen atoms in total. The molecule has 0 aliphatic carbocycles. The van der Waals surface area contributed by atoms with E-state index < -0.39 is 79.0 Å². The number of amides is 3. The zero-order chi connectivity index (χ0) is 30.3. The molecule has 0 radical (unpaired) electrons. The Morgan fingerprint density at radius 3 is 1.80 bits per heavy atom. The lowest BCUT2D eigenvalue weighted by Gasteiger charge is -2.38. The van der Waals surface area contributed by atoms with Crippen molar-refractivity contribution in [2.75, 3.05) is 11.5 Å². The third kappa shape index (κ3) is 8.15. The molecule has 1 heterocycles. The molecule has 5 atom stereocenters. The van der Waals surface area contributed by atoms with Gasteiger partial charge in [0.05, 0.1) is 0 Å². The van der Waals surface area contributed by atoms with Crippen molar-refractivity contribution in [2.24, 2.45) is 0 Å². The molecule has 0 N–H and O–H groups in total. The fraction of sp³-hybridized carbons (Fsp3) is 0.480. The molecule has 2 rings (SSSR count). The van der Waals surface area contributed by atoms with Crippen molar-refractivity contribution in [2.45, 2.75) is 72.1 Å². The predicted molar refractivity (Wildman–Crippen MR) is 134 cm³/mol. The summed E-state index contributed by atoms with van der Waals surface area (Å²) in [5.41, 5.74) is 0.150. The smallest absolute Gasteiger partial charge is 0.334 e. The molecule has 1 saturated heterocycles. The second kappa shape index (κ2) is 13.7. The second-order valence-electron chi connectivity index (χ2n) is 8.61. The summed E-state index contributed by atoms with van der Waals surface area (Å²) in [4.78, 5) is 88.3. The minimum atomic E-state index is -1.80. The van der Waals surface area contributed by atoms with Crippen molar-refractivity contribution in [1.29, 1.82) is 0 Å². The van der Waals surface area contributed by atoms with Crippen molar-refractivity contribution in [3.05, 3.63) is 29.3 Å². The Hall–Kier alpha value is -4.20. The van der Waals surface area contributed by atoms with Crippen LogP contribution in [0, 0.1) is 0 Å². The van der Waals surface area contributed by atoms with Gasteiger partial charge in [-0.05, 0) is 24.3 Å². The highest BCUT2D eigenvalue weighted by molar-refractivity contribution is 6.30. The van der Waals surface area contributed by atoms with Crippen molar-refractivity contribution in [1.82, 2.24) is 4.90 Å². The number of halogens is 1. The molecule has 0 aromatic heterocycles. The highest BCUT2D eigenvalue weighted by atomic mass is 35.5. The maximum Gasteiger partial charge on any atom is 0.334 e. The maximum atomic E-state index is 13.6. The van der Waals surface area contributed by atoms with Crippen molar-refractivity contribution in [3.8, 4) is 0 Å². The summed E-state index contributed by atoms with van der Waals surface area (Å²) in [6, 6.07) is 3.11. The predicted octanol–water partition coefficient (Wildman–Crippen LogP) is 1.74. The normalized spacial score (nSPS) is 18.7. The van der Waals surface area contributed by atoms with E-state index in [1.807, 2.05) is 0 Å². The number of nitrogens with zero attached hydrogens (tertiary/aromatic N) is 2. The molecule has 1 fully saturated rings. The Bertz CT molecular complexity index is 1170. The van der Waals surface area contributed by atoms with E-state index >= 15 is 0 Å². The first-order valence-corrected chi connectivity index (χ1v) is 12.2. The number of hydrogen-bond donors (Lipinski definition) is 0. The number of rotatable bonds is 10. The van der Waals surface area contributed by atoms with E-state index in [4.69, 9.17) is 35.3 Å². The molecule has 0 saturated carbocycles. The van der Waals surface area contributed by atoms with Crippen molar-refractivity contribution < 1.29 is 57.2 Å². The van der Waals surface area contributed by atoms with Crippen LogP contribution in [0.5, 0.6) is 0 Å². The Morgan fingerprint density at radius 2 is 1.35 bits per heavy atom. The van der Waals surface area contributed by atoms with Crippen LogP contribution >= 0.6 is 11.6 Å². The summed E-state index contributed by atoms with van der Waals surface area (Å²) in [6.07, 6.45) is -6.77. The van der Waals surface area contributed by atoms with E-state index in [0.717, 1.165) is 46.4 Å². The first-order chi connectivity index (χ1) is 18.6. The fourth-order valence-electron chi connectivity index (χ4n) is 4.12. The van der Waals surface area contributed by atoms with Crippen LogP contribution in [0.25, 0.3) is 0 Å². The molecule has 0 spiro atoms. The highest BCUT2D eigenvalue weighted by Crippen LogP contribution is 2.36. The Labute approximate surface area is 234 Å². The van der Waals surface area contributed by atoms with Crippen LogP contribution in [-0.4, -0.2) is 83.9 Å². The molecule has 15 heteroatoms. The summed E-state index contributed by atoms with van der Waals surface area (Å²) >= 11 is 5.97. The third-order valence-corrected chi connectivity index (χ3v) is 5.64. The number of carbonyl (C=O) groups is 7. The SMILES string of the molecule is CC(=O)OC[C@@H](OC(C)=O)[C@@H](OC(C)=O)[C@H](OC(C)=O)[C@@H]1[C@@H](OC(C)=O)N(c2ccc(Cl)cc2)C(=O)N1C(C)=O. The molecule has 1 aromatic carbocycles. The second-order valence-corrected chi connectivity index (χ2v) is 9.04. The van der Waals surface area contributed by atoms with Crippen LogP contribution in [0.15, 0.2) is 24.3 Å². The van der Waals surface area contributed by atoms with E-state index in [1.165, 1.54) is 24.3 Å². The Balaban J connectivity index is 2.81. The number of esters is 5. The minimum Gasteiger partial charge on any atom is -0.462 e. The Kier molecular flexibility index (Phi) is 11.0. The zero-order valence-electron chi connectivity index (χ0n) is 22.6. The quantitative estimate of drug-likeness (QED) is 0.288. The summed E-state index contributed by atoms with van der Waals surface area (Å²) in [5, 5.41) is 0.321. The van der Waals surface area contributed by atoms with Gasteiger partial charge in [0.1, 0.15) is 12.6 Å². The molecular formula is C25H29ClN2O12. The average Bonchev–Trinajstić information content (AvgIpc) is 3.10. The van der Waals surface area contributed by atoms with Gasteiger partial charge in [0.2, 0.25) is 12.1 Å². The van der Waals surface area contributed by atoms with Gasteiger partial charge in [-0.15, -0.1) is 0 Å². The lowest BCUT2D eigenvalue weighted by Crippen LogP contribution is -2.59. The van der Waals surface area contributed by atoms with Crippen LogP contribution in [0.3, 0.4) is 0 Å². The fourth-order valence-corrected chi connectivity index (χ4v) is 4.24. The van der Waals surface area contributed by atoms with Crippen molar-refractivity contribution >= 4 is 59.1 Å². The highest BCUT2D eigenvalue weighted by Gasteiger charge is 2.58. The van der Waals surface area contributed by atoms with E-state index in [-0.39, 0.29) is 5.69 Å². The van der Waals surface area contributed by atoms with Crippen LogP contribution < -0.4 is 4.90 Å².